The van der Waals surface area contributed by atoms with Crippen LogP contribution in [0.1, 0.15) is 373 Å². The zero-order valence-corrected chi connectivity index (χ0v) is 51.3. The lowest BCUT2D eigenvalue weighted by Crippen LogP contribution is -2.45. The fourth-order valence-electron chi connectivity index (χ4n) is 10.7. The molecular formula is C70H133NO5. The van der Waals surface area contributed by atoms with E-state index in [1.54, 1.807) is 6.08 Å². The van der Waals surface area contributed by atoms with Gasteiger partial charge in [0, 0.05) is 12.8 Å². The van der Waals surface area contributed by atoms with Crippen LogP contribution >= 0.6 is 0 Å². The van der Waals surface area contributed by atoms with Crippen molar-refractivity contribution in [1.82, 2.24) is 5.32 Å². The van der Waals surface area contributed by atoms with Crippen molar-refractivity contribution in [3.63, 3.8) is 0 Å². The first kappa shape index (κ1) is 74.1. The zero-order chi connectivity index (χ0) is 55.0. The summed E-state index contributed by atoms with van der Waals surface area (Å²) in [5.41, 5.74) is 0. The molecule has 0 bridgehead atoms. The minimum absolute atomic E-state index is 0.0154. The second kappa shape index (κ2) is 65.6. The van der Waals surface area contributed by atoms with Gasteiger partial charge in [-0.1, -0.05) is 333 Å². The van der Waals surface area contributed by atoms with Crippen LogP contribution in [0.2, 0.25) is 0 Å². The van der Waals surface area contributed by atoms with Crippen molar-refractivity contribution in [2.24, 2.45) is 0 Å². The van der Waals surface area contributed by atoms with Crippen molar-refractivity contribution in [3.8, 4) is 0 Å². The molecule has 0 aromatic rings. The molecule has 6 heteroatoms. The maximum atomic E-state index is 12.5. The molecule has 2 atom stereocenters. The molecule has 0 aliphatic heterocycles. The summed E-state index contributed by atoms with van der Waals surface area (Å²) in [5, 5.41) is 23.1. The molecule has 0 aliphatic carbocycles. The normalized spacial score (nSPS) is 12.7. The van der Waals surface area contributed by atoms with Gasteiger partial charge in [0.1, 0.15) is 0 Å². The maximum Gasteiger partial charge on any atom is 0.305 e. The van der Waals surface area contributed by atoms with Crippen LogP contribution in [-0.4, -0.2) is 47.4 Å². The van der Waals surface area contributed by atoms with E-state index in [0.29, 0.717) is 19.4 Å². The molecule has 76 heavy (non-hydrogen) atoms. The van der Waals surface area contributed by atoms with Gasteiger partial charge in [-0.15, -0.1) is 0 Å². The Morgan fingerprint density at radius 2 is 0.658 bits per heavy atom. The third-order valence-electron chi connectivity index (χ3n) is 15.9. The molecule has 3 N–H and O–H groups in total. The third-order valence-corrected chi connectivity index (χ3v) is 15.9. The molecule has 2 unspecified atom stereocenters. The van der Waals surface area contributed by atoms with Gasteiger partial charge in [-0.05, 0) is 64.2 Å². The number of carbonyl (C=O) groups is 2. The topological polar surface area (TPSA) is 95.9 Å². The van der Waals surface area contributed by atoms with Crippen molar-refractivity contribution >= 4 is 11.9 Å². The molecule has 0 fully saturated rings. The maximum absolute atomic E-state index is 12.5. The van der Waals surface area contributed by atoms with E-state index in [9.17, 15) is 19.8 Å². The lowest BCUT2D eigenvalue weighted by atomic mass is 10.0. The van der Waals surface area contributed by atoms with E-state index >= 15 is 0 Å². The molecule has 0 saturated heterocycles. The van der Waals surface area contributed by atoms with Gasteiger partial charge < -0.3 is 20.3 Å². The Morgan fingerprint density at radius 1 is 0.368 bits per heavy atom. The molecule has 6 nitrogen and oxygen atoms in total. The van der Waals surface area contributed by atoms with Gasteiger partial charge in [0.05, 0.1) is 25.4 Å². The number of hydrogen-bond acceptors (Lipinski definition) is 5. The number of aliphatic hydroxyl groups is 2. The van der Waals surface area contributed by atoms with Crippen LogP contribution in [0.4, 0.5) is 0 Å². The molecular weight excluding hydrogens is 935 g/mol. The summed E-state index contributed by atoms with van der Waals surface area (Å²) in [7, 11) is 0. The predicted octanol–water partition coefficient (Wildman–Crippen LogP) is 21.9. The van der Waals surface area contributed by atoms with E-state index in [2.05, 4.69) is 43.5 Å². The highest BCUT2D eigenvalue weighted by Crippen LogP contribution is 2.18. The van der Waals surface area contributed by atoms with Crippen molar-refractivity contribution in [2.45, 2.75) is 386 Å². The lowest BCUT2D eigenvalue weighted by molar-refractivity contribution is -0.143. The fourth-order valence-corrected chi connectivity index (χ4v) is 10.7. The van der Waals surface area contributed by atoms with Crippen LogP contribution in [0.25, 0.3) is 0 Å². The Morgan fingerprint density at radius 3 is 1.00 bits per heavy atom. The highest BCUT2D eigenvalue weighted by Gasteiger charge is 2.18. The van der Waals surface area contributed by atoms with Crippen LogP contribution in [-0.2, 0) is 14.3 Å². The van der Waals surface area contributed by atoms with Crippen LogP contribution in [0, 0.1) is 0 Å². The summed E-state index contributed by atoms with van der Waals surface area (Å²) in [5.74, 6) is -0.0505. The summed E-state index contributed by atoms with van der Waals surface area (Å²) in [6.45, 7) is 4.92. The van der Waals surface area contributed by atoms with Crippen LogP contribution in [0.15, 0.2) is 36.5 Å². The Bertz CT molecular complexity index is 1230. The number of allylic oxidation sites excluding steroid dienone is 5. The van der Waals surface area contributed by atoms with Crippen molar-refractivity contribution < 1.29 is 24.5 Å². The quantitative estimate of drug-likeness (QED) is 0.0320. The molecule has 0 aliphatic rings. The van der Waals surface area contributed by atoms with Gasteiger partial charge in [-0.3, -0.25) is 9.59 Å². The second-order valence-corrected chi connectivity index (χ2v) is 23.5. The Labute approximate surface area is 474 Å². The van der Waals surface area contributed by atoms with E-state index in [1.807, 2.05) is 6.08 Å². The third kappa shape index (κ3) is 61.3. The number of carbonyl (C=O) groups excluding carboxylic acids is 2. The minimum Gasteiger partial charge on any atom is -0.466 e. The van der Waals surface area contributed by atoms with Crippen LogP contribution in [0.5, 0.6) is 0 Å². The van der Waals surface area contributed by atoms with E-state index in [1.165, 1.54) is 302 Å². The largest absolute Gasteiger partial charge is 0.466 e. The first-order valence-electron chi connectivity index (χ1n) is 34.3. The van der Waals surface area contributed by atoms with Gasteiger partial charge in [-0.25, -0.2) is 0 Å². The van der Waals surface area contributed by atoms with Crippen LogP contribution < -0.4 is 5.32 Å². The summed E-state index contributed by atoms with van der Waals surface area (Å²) in [6.07, 6.45) is 83.6. The molecule has 0 radical (unpaired) electrons. The minimum atomic E-state index is -0.844. The fraction of sp³-hybridized carbons (Fsp3) is 0.886. The number of aliphatic hydroxyl groups excluding tert-OH is 2. The van der Waals surface area contributed by atoms with E-state index in [0.717, 1.165) is 44.9 Å². The predicted molar refractivity (Wildman–Crippen MR) is 333 cm³/mol. The van der Waals surface area contributed by atoms with Crippen molar-refractivity contribution in [2.75, 3.05) is 13.2 Å². The summed E-state index contributed by atoms with van der Waals surface area (Å²) in [6, 6.07) is -0.627. The number of ether oxygens (including phenoxy) is 1. The molecule has 0 aromatic heterocycles. The molecule has 0 aromatic carbocycles. The Hall–Kier alpha value is -1.92. The van der Waals surface area contributed by atoms with Crippen LogP contribution in [0.3, 0.4) is 0 Å². The number of esters is 1. The summed E-state index contributed by atoms with van der Waals surface area (Å²) < 4.78 is 5.49. The number of hydrogen-bond donors (Lipinski definition) is 3. The molecule has 0 spiro atoms. The van der Waals surface area contributed by atoms with Gasteiger partial charge >= 0.3 is 5.97 Å². The number of amides is 1. The number of unbranched alkanes of at least 4 members (excludes halogenated alkanes) is 49. The van der Waals surface area contributed by atoms with Gasteiger partial charge in [0.25, 0.3) is 0 Å². The van der Waals surface area contributed by atoms with E-state index < -0.39 is 12.1 Å². The summed E-state index contributed by atoms with van der Waals surface area (Å²) >= 11 is 0. The molecule has 0 rings (SSSR count). The van der Waals surface area contributed by atoms with Gasteiger partial charge in [-0.2, -0.15) is 0 Å². The van der Waals surface area contributed by atoms with Gasteiger partial charge in [0.15, 0.2) is 0 Å². The average molecular weight is 1070 g/mol. The first-order chi connectivity index (χ1) is 37.5. The highest BCUT2D eigenvalue weighted by molar-refractivity contribution is 5.76. The zero-order valence-electron chi connectivity index (χ0n) is 51.3. The lowest BCUT2D eigenvalue weighted by Gasteiger charge is -2.20. The van der Waals surface area contributed by atoms with Gasteiger partial charge in [0.2, 0.25) is 5.91 Å². The highest BCUT2D eigenvalue weighted by atomic mass is 16.5. The first-order valence-corrected chi connectivity index (χ1v) is 34.3. The molecule has 448 valence electrons. The van der Waals surface area contributed by atoms with E-state index in [4.69, 9.17) is 4.74 Å². The summed E-state index contributed by atoms with van der Waals surface area (Å²) in [4.78, 5) is 24.5. The van der Waals surface area contributed by atoms with Crippen molar-refractivity contribution in [3.05, 3.63) is 36.5 Å². The standard InChI is InChI=1S/C70H133NO5/c1-3-5-7-9-11-13-15-17-38-42-46-50-54-58-62-68(73)67(66-72)71-69(74)63-59-55-51-47-43-39-36-34-32-30-28-26-24-22-20-19-21-23-25-27-29-31-33-35-37-41-45-49-53-57-61-65-76-70(75)64-60-56-52-48-44-40-18-16-14-12-10-8-6-4-2/h21,23,27,29,58,62,67-68,72-73H,3-20,22,24-26,28,30-57,59-61,63-66H2,1-2H3,(H,71,74)/b23-21-,29-27-,62-58+. The van der Waals surface area contributed by atoms with E-state index in [-0.39, 0.29) is 18.5 Å². The Balaban J connectivity index is 3.40. The molecule has 0 saturated carbocycles. The monoisotopic (exact) mass is 1070 g/mol. The molecule has 1 amide bonds. The number of nitrogens with one attached hydrogen (secondary N) is 1. The average Bonchev–Trinajstić information content (AvgIpc) is 3.42. The van der Waals surface area contributed by atoms with Crippen molar-refractivity contribution in [1.29, 1.82) is 0 Å². The number of rotatable bonds is 64. The smallest absolute Gasteiger partial charge is 0.305 e. The SMILES string of the molecule is CCCCCCCCCCCCCC/C=C/C(O)C(CO)NC(=O)CCCCCCCCCCCCCCCCC/C=C\C/C=C\CCCCCCCCCCCOC(=O)CCCCCCCCCCCCCCCC. The Kier molecular flexibility index (Phi) is 63.9. The second-order valence-electron chi connectivity index (χ2n) is 23.5. The molecule has 0 heterocycles.